The van der Waals surface area contributed by atoms with Gasteiger partial charge in [-0.3, -0.25) is 4.79 Å². The topological polar surface area (TPSA) is 38.3 Å². The van der Waals surface area contributed by atoms with E-state index >= 15 is 0 Å². The van der Waals surface area contributed by atoms with E-state index in [1.165, 1.54) is 0 Å². The van der Waals surface area contributed by atoms with Crippen molar-refractivity contribution in [2.45, 2.75) is 25.8 Å². The van der Waals surface area contributed by atoms with Gasteiger partial charge in [0.1, 0.15) is 0 Å². The first-order valence-corrected chi connectivity index (χ1v) is 4.03. The summed E-state index contributed by atoms with van der Waals surface area (Å²) in [5, 5.41) is 2.88. The second-order valence-corrected chi connectivity index (χ2v) is 3.14. The van der Waals surface area contributed by atoms with Gasteiger partial charge in [0, 0.05) is 19.1 Å². The summed E-state index contributed by atoms with van der Waals surface area (Å²) >= 11 is 0. The fourth-order valence-corrected chi connectivity index (χ4v) is 0.998. The van der Waals surface area contributed by atoms with Crippen molar-refractivity contribution in [1.29, 1.82) is 0 Å². The monoisotopic (exact) mass is 157 g/mol. The maximum atomic E-state index is 11.1. The molecule has 3 heteroatoms. The van der Waals surface area contributed by atoms with Crippen LogP contribution in [0.3, 0.4) is 0 Å². The van der Waals surface area contributed by atoms with Crippen LogP contribution in [0.4, 0.5) is 0 Å². The van der Waals surface area contributed by atoms with E-state index in [9.17, 15) is 4.79 Å². The summed E-state index contributed by atoms with van der Waals surface area (Å²) in [6, 6.07) is 0.146. The zero-order chi connectivity index (χ0) is 8.27. The molecule has 1 rings (SSSR count). The minimum atomic E-state index is 0.146. The average Bonchev–Trinajstić information content (AvgIpc) is 2.67. The van der Waals surface area contributed by atoms with Crippen LogP contribution in [0.25, 0.3) is 0 Å². The normalized spacial score (nSPS) is 19.5. The van der Waals surface area contributed by atoms with Gasteiger partial charge in [0.2, 0.25) is 5.91 Å². The first-order chi connectivity index (χ1) is 5.24. The van der Waals surface area contributed by atoms with Crippen molar-refractivity contribution in [3.8, 4) is 0 Å². The highest BCUT2D eigenvalue weighted by Gasteiger charge is 2.29. The molecular weight excluding hydrogens is 142 g/mol. The number of nitrogens with one attached hydrogen (secondary N) is 1. The van der Waals surface area contributed by atoms with Crippen molar-refractivity contribution in [2.75, 3.05) is 13.7 Å². The van der Waals surface area contributed by atoms with Crippen LogP contribution in [-0.4, -0.2) is 25.7 Å². The molecule has 3 nitrogen and oxygen atoms in total. The molecule has 1 saturated carbocycles. The van der Waals surface area contributed by atoms with Gasteiger partial charge in [-0.2, -0.15) is 0 Å². The van der Waals surface area contributed by atoms with Gasteiger partial charge in [-0.05, 0) is 19.8 Å². The molecule has 0 aromatic rings. The number of methoxy groups -OCH3 is 1. The van der Waals surface area contributed by atoms with E-state index < -0.39 is 0 Å². The molecule has 0 spiro atoms. The van der Waals surface area contributed by atoms with Gasteiger partial charge in [0.05, 0.1) is 6.61 Å². The van der Waals surface area contributed by atoms with Gasteiger partial charge in [-0.1, -0.05) is 0 Å². The smallest absolute Gasteiger partial charge is 0.223 e. The van der Waals surface area contributed by atoms with Gasteiger partial charge in [-0.15, -0.1) is 0 Å². The summed E-state index contributed by atoms with van der Waals surface area (Å²) < 4.78 is 4.89. The molecule has 1 atom stereocenters. The number of carbonyl (C=O) groups excluding carboxylic acids is 1. The van der Waals surface area contributed by atoms with Crippen LogP contribution >= 0.6 is 0 Å². The first-order valence-electron chi connectivity index (χ1n) is 4.03. The SMILES string of the molecule is COCC(C)NC(=O)C1CC1. The fourth-order valence-electron chi connectivity index (χ4n) is 0.998. The summed E-state index contributed by atoms with van der Waals surface area (Å²) in [6.45, 7) is 2.54. The Morgan fingerprint density at radius 1 is 1.73 bits per heavy atom. The molecule has 1 N–H and O–H groups in total. The maximum Gasteiger partial charge on any atom is 0.223 e. The molecule has 1 aliphatic carbocycles. The van der Waals surface area contributed by atoms with E-state index in [0.717, 1.165) is 12.8 Å². The highest BCUT2D eigenvalue weighted by atomic mass is 16.5. The lowest BCUT2D eigenvalue weighted by atomic mass is 10.3. The predicted molar refractivity (Wildman–Crippen MR) is 42.2 cm³/mol. The molecule has 0 aromatic carbocycles. The molecule has 0 bridgehead atoms. The second-order valence-electron chi connectivity index (χ2n) is 3.14. The minimum Gasteiger partial charge on any atom is -0.383 e. The van der Waals surface area contributed by atoms with Crippen molar-refractivity contribution in [3.05, 3.63) is 0 Å². The van der Waals surface area contributed by atoms with Crippen LogP contribution in [0.2, 0.25) is 0 Å². The van der Waals surface area contributed by atoms with Gasteiger partial charge < -0.3 is 10.1 Å². The van der Waals surface area contributed by atoms with Gasteiger partial charge in [0.25, 0.3) is 0 Å². The van der Waals surface area contributed by atoms with Crippen molar-refractivity contribution < 1.29 is 9.53 Å². The lowest BCUT2D eigenvalue weighted by Crippen LogP contribution is -2.36. The third-order valence-corrected chi connectivity index (χ3v) is 1.75. The van der Waals surface area contributed by atoms with Gasteiger partial charge in [-0.25, -0.2) is 0 Å². The predicted octanol–water partition coefficient (Wildman–Crippen LogP) is 0.547. The third-order valence-electron chi connectivity index (χ3n) is 1.75. The van der Waals surface area contributed by atoms with E-state index in [1.54, 1.807) is 7.11 Å². The fraction of sp³-hybridized carbons (Fsp3) is 0.875. The van der Waals surface area contributed by atoms with Crippen molar-refractivity contribution in [1.82, 2.24) is 5.32 Å². The summed E-state index contributed by atoms with van der Waals surface area (Å²) in [6.07, 6.45) is 2.12. The average molecular weight is 157 g/mol. The Kier molecular flexibility index (Phi) is 2.88. The van der Waals surface area contributed by atoms with E-state index in [-0.39, 0.29) is 11.9 Å². The molecule has 0 heterocycles. The molecule has 1 unspecified atom stereocenters. The Bertz CT molecular complexity index is 143. The van der Waals surface area contributed by atoms with Crippen LogP contribution in [0.1, 0.15) is 19.8 Å². The molecule has 0 radical (unpaired) electrons. The minimum absolute atomic E-state index is 0.146. The Morgan fingerprint density at radius 3 is 2.82 bits per heavy atom. The lowest BCUT2D eigenvalue weighted by molar-refractivity contribution is -0.123. The third kappa shape index (κ3) is 2.89. The quantitative estimate of drug-likeness (QED) is 0.647. The molecule has 1 amide bonds. The molecule has 0 aromatic heterocycles. The molecule has 1 aliphatic rings. The molecule has 11 heavy (non-hydrogen) atoms. The van der Waals surface area contributed by atoms with Crippen LogP contribution in [0.15, 0.2) is 0 Å². The summed E-state index contributed by atoms with van der Waals surface area (Å²) in [7, 11) is 1.64. The summed E-state index contributed by atoms with van der Waals surface area (Å²) in [5.41, 5.74) is 0. The Balaban J connectivity index is 2.12. The Labute approximate surface area is 67.1 Å². The Hall–Kier alpha value is -0.570. The second kappa shape index (κ2) is 3.72. The molecule has 0 saturated heterocycles. The number of hydrogen-bond donors (Lipinski definition) is 1. The number of amides is 1. The zero-order valence-corrected chi connectivity index (χ0v) is 7.09. The van der Waals surface area contributed by atoms with E-state index in [0.29, 0.717) is 12.5 Å². The van der Waals surface area contributed by atoms with Crippen molar-refractivity contribution in [2.24, 2.45) is 5.92 Å². The van der Waals surface area contributed by atoms with E-state index in [4.69, 9.17) is 4.74 Å². The van der Waals surface area contributed by atoms with Crippen molar-refractivity contribution in [3.63, 3.8) is 0 Å². The Morgan fingerprint density at radius 2 is 2.36 bits per heavy atom. The molecular formula is C8H15NO2. The standard InChI is InChI=1S/C8H15NO2/c1-6(5-11-2)9-8(10)7-3-4-7/h6-7H,3-5H2,1-2H3,(H,9,10). The zero-order valence-electron chi connectivity index (χ0n) is 7.09. The van der Waals surface area contributed by atoms with Crippen molar-refractivity contribution >= 4 is 5.91 Å². The number of carbonyl (C=O) groups is 1. The molecule has 64 valence electrons. The van der Waals surface area contributed by atoms with Crippen LogP contribution in [0.5, 0.6) is 0 Å². The largest absolute Gasteiger partial charge is 0.383 e. The highest BCUT2D eigenvalue weighted by molar-refractivity contribution is 5.81. The van der Waals surface area contributed by atoms with E-state index in [1.807, 2.05) is 6.92 Å². The van der Waals surface area contributed by atoms with E-state index in [2.05, 4.69) is 5.32 Å². The van der Waals surface area contributed by atoms with Gasteiger partial charge >= 0.3 is 0 Å². The molecule has 0 aliphatic heterocycles. The van der Waals surface area contributed by atoms with Gasteiger partial charge in [0.15, 0.2) is 0 Å². The number of rotatable bonds is 4. The lowest BCUT2D eigenvalue weighted by Gasteiger charge is -2.11. The van der Waals surface area contributed by atoms with Crippen LogP contribution in [0, 0.1) is 5.92 Å². The highest BCUT2D eigenvalue weighted by Crippen LogP contribution is 2.28. The molecule has 1 fully saturated rings. The van der Waals surface area contributed by atoms with Crippen LogP contribution < -0.4 is 5.32 Å². The summed E-state index contributed by atoms with van der Waals surface area (Å²) in [5.74, 6) is 0.490. The number of hydrogen-bond acceptors (Lipinski definition) is 2. The number of ether oxygens (including phenoxy) is 1. The first kappa shape index (κ1) is 8.53. The maximum absolute atomic E-state index is 11.1. The summed E-state index contributed by atoms with van der Waals surface area (Å²) in [4.78, 5) is 11.1. The van der Waals surface area contributed by atoms with Crippen LogP contribution in [-0.2, 0) is 9.53 Å².